The van der Waals surface area contributed by atoms with Crippen LogP contribution in [-0.2, 0) is 6.42 Å². The molecule has 4 heteroatoms. The summed E-state index contributed by atoms with van der Waals surface area (Å²) in [4.78, 5) is 7.72. The lowest BCUT2D eigenvalue weighted by Crippen LogP contribution is -1.91. The molecular weight excluding hydrogens is 295 g/mol. The Morgan fingerprint density at radius 2 is 2.06 bits per heavy atom. The van der Waals surface area contributed by atoms with Crippen molar-refractivity contribution >= 4 is 27.0 Å². The van der Waals surface area contributed by atoms with Crippen molar-refractivity contribution in [1.29, 1.82) is 0 Å². The van der Waals surface area contributed by atoms with Gasteiger partial charge in [-0.2, -0.15) is 0 Å². The van der Waals surface area contributed by atoms with Gasteiger partial charge in [0.05, 0.1) is 11.0 Å². The summed E-state index contributed by atoms with van der Waals surface area (Å²) in [6, 6.07) is 12.5. The molecule has 1 aromatic heterocycles. The van der Waals surface area contributed by atoms with Gasteiger partial charge in [-0.3, -0.25) is 0 Å². The van der Waals surface area contributed by atoms with Crippen LogP contribution in [0.1, 0.15) is 11.4 Å². The molecule has 0 aliphatic carbocycles. The second kappa shape index (κ2) is 4.53. The van der Waals surface area contributed by atoms with Crippen molar-refractivity contribution in [3.63, 3.8) is 0 Å². The summed E-state index contributed by atoms with van der Waals surface area (Å²) in [5, 5.41) is 0. The van der Waals surface area contributed by atoms with Crippen LogP contribution < -0.4 is 0 Å². The molecule has 1 heterocycles. The third kappa shape index (κ3) is 2.29. The average Bonchev–Trinajstić information content (AvgIpc) is 2.70. The molecule has 0 aliphatic heterocycles. The molecule has 0 bridgehead atoms. The zero-order valence-corrected chi connectivity index (χ0v) is 11.0. The van der Waals surface area contributed by atoms with Crippen molar-refractivity contribution in [2.24, 2.45) is 0 Å². The molecule has 0 saturated heterocycles. The van der Waals surface area contributed by atoms with Gasteiger partial charge >= 0.3 is 0 Å². The molecule has 3 rings (SSSR count). The topological polar surface area (TPSA) is 28.7 Å². The van der Waals surface area contributed by atoms with Crippen molar-refractivity contribution in [2.75, 3.05) is 0 Å². The van der Waals surface area contributed by atoms with E-state index in [0.29, 0.717) is 6.42 Å². The van der Waals surface area contributed by atoms with E-state index in [4.69, 9.17) is 0 Å². The summed E-state index contributed by atoms with van der Waals surface area (Å²) in [6.45, 7) is 0. The highest BCUT2D eigenvalue weighted by atomic mass is 79.9. The SMILES string of the molecule is Fc1cccc(Cc2nc3ccc(Br)cc3[nH]2)c1. The fourth-order valence-electron chi connectivity index (χ4n) is 1.96. The van der Waals surface area contributed by atoms with Gasteiger partial charge in [-0.25, -0.2) is 9.37 Å². The highest BCUT2D eigenvalue weighted by Crippen LogP contribution is 2.19. The molecule has 2 aromatic carbocycles. The third-order valence-corrected chi connectivity index (χ3v) is 3.25. The molecule has 3 aromatic rings. The van der Waals surface area contributed by atoms with E-state index in [1.165, 1.54) is 12.1 Å². The average molecular weight is 305 g/mol. The van der Waals surface area contributed by atoms with Crippen molar-refractivity contribution in [3.8, 4) is 0 Å². The molecule has 18 heavy (non-hydrogen) atoms. The zero-order valence-electron chi connectivity index (χ0n) is 9.45. The zero-order chi connectivity index (χ0) is 12.5. The first-order chi connectivity index (χ1) is 8.70. The van der Waals surface area contributed by atoms with Crippen LogP contribution in [0.25, 0.3) is 11.0 Å². The largest absolute Gasteiger partial charge is 0.342 e. The summed E-state index contributed by atoms with van der Waals surface area (Å²) in [5.74, 6) is 0.625. The van der Waals surface area contributed by atoms with E-state index < -0.39 is 0 Å². The predicted octanol–water partition coefficient (Wildman–Crippen LogP) is 4.06. The van der Waals surface area contributed by atoms with Crippen molar-refractivity contribution in [1.82, 2.24) is 9.97 Å². The van der Waals surface area contributed by atoms with Crippen LogP contribution in [0.2, 0.25) is 0 Å². The van der Waals surface area contributed by atoms with E-state index in [-0.39, 0.29) is 5.82 Å². The number of fused-ring (bicyclic) bond motifs is 1. The van der Waals surface area contributed by atoms with Gasteiger partial charge in [-0.1, -0.05) is 28.1 Å². The number of imidazole rings is 1. The minimum atomic E-state index is -0.216. The molecule has 2 nitrogen and oxygen atoms in total. The second-order valence-corrected chi connectivity index (χ2v) is 5.07. The van der Waals surface area contributed by atoms with E-state index >= 15 is 0 Å². The summed E-state index contributed by atoms with van der Waals surface area (Å²) >= 11 is 3.42. The Morgan fingerprint density at radius 1 is 1.17 bits per heavy atom. The van der Waals surface area contributed by atoms with Gasteiger partial charge in [0.1, 0.15) is 11.6 Å². The molecule has 0 unspecified atom stereocenters. The van der Waals surface area contributed by atoms with Gasteiger partial charge in [-0.05, 0) is 35.9 Å². The maximum atomic E-state index is 13.1. The Labute approximate surface area is 112 Å². The molecule has 0 spiro atoms. The molecule has 0 fully saturated rings. The smallest absolute Gasteiger partial charge is 0.123 e. The standard InChI is InChI=1S/C14H10BrFN2/c15-10-4-5-12-13(8-10)18-14(17-12)7-9-2-1-3-11(16)6-9/h1-6,8H,7H2,(H,17,18). The molecular formula is C14H10BrFN2. The lowest BCUT2D eigenvalue weighted by atomic mass is 10.1. The fraction of sp³-hybridized carbons (Fsp3) is 0.0714. The van der Waals surface area contributed by atoms with Crippen LogP contribution >= 0.6 is 15.9 Å². The molecule has 0 saturated carbocycles. The van der Waals surface area contributed by atoms with E-state index in [2.05, 4.69) is 25.9 Å². The number of halogens is 2. The predicted molar refractivity (Wildman–Crippen MR) is 73.0 cm³/mol. The van der Waals surface area contributed by atoms with E-state index in [1.807, 2.05) is 24.3 Å². The second-order valence-electron chi connectivity index (χ2n) is 4.15. The van der Waals surface area contributed by atoms with Crippen LogP contribution in [0.4, 0.5) is 4.39 Å². The monoisotopic (exact) mass is 304 g/mol. The Bertz CT molecular complexity index is 706. The van der Waals surface area contributed by atoms with E-state index in [1.54, 1.807) is 6.07 Å². The first kappa shape index (κ1) is 11.4. The van der Waals surface area contributed by atoms with Crippen LogP contribution in [0.3, 0.4) is 0 Å². The van der Waals surface area contributed by atoms with Gasteiger partial charge in [0, 0.05) is 10.9 Å². The lowest BCUT2D eigenvalue weighted by molar-refractivity contribution is 0.626. The number of aromatic nitrogens is 2. The first-order valence-electron chi connectivity index (χ1n) is 5.59. The minimum Gasteiger partial charge on any atom is -0.342 e. The summed E-state index contributed by atoms with van der Waals surface area (Å²) in [5.41, 5.74) is 2.81. The maximum Gasteiger partial charge on any atom is 0.123 e. The molecule has 1 N–H and O–H groups in total. The Kier molecular flexibility index (Phi) is 2.88. The Balaban J connectivity index is 1.95. The first-order valence-corrected chi connectivity index (χ1v) is 6.38. The van der Waals surface area contributed by atoms with E-state index in [0.717, 1.165) is 26.9 Å². The van der Waals surface area contributed by atoms with Crippen molar-refractivity contribution < 1.29 is 4.39 Å². The van der Waals surface area contributed by atoms with Gasteiger partial charge in [-0.15, -0.1) is 0 Å². The summed E-state index contributed by atoms with van der Waals surface area (Å²) in [6.07, 6.45) is 0.601. The highest BCUT2D eigenvalue weighted by Gasteiger charge is 2.04. The quantitative estimate of drug-likeness (QED) is 0.760. The summed E-state index contributed by atoms with van der Waals surface area (Å²) in [7, 11) is 0. The number of aromatic amines is 1. The Morgan fingerprint density at radius 3 is 2.89 bits per heavy atom. The molecule has 90 valence electrons. The molecule has 0 radical (unpaired) electrons. The number of hydrogen-bond donors (Lipinski definition) is 1. The minimum absolute atomic E-state index is 0.216. The molecule has 0 aliphatic rings. The van der Waals surface area contributed by atoms with Gasteiger partial charge in [0.15, 0.2) is 0 Å². The number of rotatable bonds is 2. The molecule has 0 amide bonds. The lowest BCUT2D eigenvalue weighted by Gasteiger charge is -1.97. The van der Waals surface area contributed by atoms with E-state index in [9.17, 15) is 4.39 Å². The van der Waals surface area contributed by atoms with Crippen LogP contribution in [0, 0.1) is 5.82 Å². The number of nitrogens with one attached hydrogen (secondary N) is 1. The van der Waals surface area contributed by atoms with Crippen molar-refractivity contribution in [2.45, 2.75) is 6.42 Å². The number of hydrogen-bond acceptors (Lipinski definition) is 1. The third-order valence-electron chi connectivity index (χ3n) is 2.75. The van der Waals surface area contributed by atoms with Crippen LogP contribution in [0.15, 0.2) is 46.9 Å². The van der Waals surface area contributed by atoms with Crippen LogP contribution in [-0.4, -0.2) is 9.97 Å². The van der Waals surface area contributed by atoms with Gasteiger partial charge in [0.25, 0.3) is 0 Å². The number of nitrogens with zero attached hydrogens (tertiary/aromatic N) is 1. The maximum absolute atomic E-state index is 13.1. The van der Waals surface area contributed by atoms with Gasteiger partial charge in [0.2, 0.25) is 0 Å². The fourth-order valence-corrected chi connectivity index (χ4v) is 2.32. The van der Waals surface area contributed by atoms with Gasteiger partial charge < -0.3 is 4.98 Å². The highest BCUT2D eigenvalue weighted by molar-refractivity contribution is 9.10. The van der Waals surface area contributed by atoms with Crippen molar-refractivity contribution in [3.05, 3.63) is 64.1 Å². The normalized spacial score (nSPS) is 11.0. The Hall–Kier alpha value is -1.68. The number of benzene rings is 2. The van der Waals surface area contributed by atoms with Crippen LogP contribution in [0.5, 0.6) is 0 Å². The number of H-pyrrole nitrogens is 1. The molecule has 0 atom stereocenters. The summed E-state index contributed by atoms with van der Waals surface area (Å²) < 4.78 is 14.1.